The summed E-state index contributed by atoms with van der Waals surface area (Å²) in [7, 11) is 0. The molecule has 1 nitrogen and oxygen atoms in total. The summed E-state index contributed by atoms with van der Waals surface area (Å²) >= 11 is 14.0. The Balaban J connectivity index is 2.16. The maximum Gasteiger partial charge on any atom is 0.0480 e. The van der Waals surface area contributed by atoms with E-state index in [1.54, 1.807) is 11.8 Å². The third-order valence-electron chi connectivity index (χ3n) is 2.62. The highest BCUT2D eigenvalue weighted by Crippen LogP contribution is 2.28. The van der Waals surface area contributed by atoms with Gasteiger partial charge in [-0.05, 0) is 30.5 Å². The van der Waals surface area contributed by atoms with Gasteiger partial charge in [0.05, 0.1) is 0 Å². The molecule has 1 N–H and O–H groups in total. The van der Waals surface area contributed by atoms with E-state index in [2.05, 4.69) is 23.7 Å². The number of benzene rings is 2. The predicted octanol–water partition coefficient (Wildman–Crippen LogP) is 5.33. The molecule has 2 aromatic carbocycles. The third kappa shape index (κ3) is 3.14. The minimum Gasteiger partial charge on any atom is -0.380 e. The highest BCUT2D eigenvalue weighted by atomic mass is 35.5. The molecule has 2 rings (SSSR count). The molecule has 4 heteroatoms. The number of para-hydroxylation sites is 1. The number of rotatable bonds is 4. The van der Waals surface area contributed by atoms with Crippen LogP contribution in [0.5, 0.6) is 0 Å². The Morgan fingerprint density at radius 1 is 1.00 bits per heavy atom. The van der Waals surface area contributed by atoms with Crippen molar-refractivity contribution in [3.63, 3.8) is 0 Å². The smallest absolute Gasteiger partial charge is 0.0480 e. The molecule has 0 aromatic heterocycles. The minimum absolute atomic E-state index is 0.621. The summed E-state index contributed by atoms with van der Waals surface area (Å²) in [4.78, 5) is 1.21. The molecule has 0 unspecified atom stereocenters. The minimum atomic E-state index is 0.621. The zero-order valence-electron chi connectivity index (χ0n) is 9.91. The summed E-state index contributed by atoms with van der Waals surface area (Å²) in [6.07, 6.45) is 2.06. The standard InChI is InChI=1S/C14H13Cl2NS/c1-18-14-8-3-2-7-13(14)17-9-10-11(15)5-4-6-12(10)16/h2-8,17H,9H2,1H3. The van der Waals surface area contributed by atoms with E-state index in [1.165, 1.54) is 4.90 Å². The first-order valence-corrected chi connectivity index (χ1v) is 7.50. The van der Waals surface area contributed by atoms with Crippen LogP contribution in [0.25, 0.3) is 0 Å². The van der Waals surface area contributed by atoms with E-state index in [0.29, 0.717) is 16.6 Å². The Morgan fingerprint density at radius 2 is 1.67 bits per heavy atom. The summed E-state index contributed by atoms with van der Waals surface area (Å²) in [5, 5.41) is 4.76. The number of anilines is 1. The molecule has 0 bridgehead atoms. The van der Waals surface area contributed by atoms with Gasteiger partial charge in [0.1, 0.15) is 0 Å². The van der Waals surface area contributed by atoms with Crippen molar-refractivity contribution in [1.82, 2.24) is 0 Å². The number of hydrogen-bond donors (Lipinski definition) is 1. The van der Waals surface area contributed by atoms with Crippen LogP contribution in [-0.4, -0.2) is 6.26 Å². The van der Waals surface area contributed by atoms with Crippen LogP contribution in [-0.2, 0) is 6.54 Å². The summed E-state index contributed by atoms with van der Waals surface area (Å²) in [5.74, 6) is 0. The molecule has 0 saturated heterocycles. The van der Waals surface area contributed by atoms with E-state index >= 15 is 0 Å². The number of hydrogen-bond acceptors (Lipinski definition) is 2. The molecule has 0 aliphatic rings. The van der Waals surface area contributed by atoms with Gasteiger partial charge in [-0.2, -0.15) is 0 Å². The Labute approximate surface area is 121 Å². The first-order valence-electron chi connectivity index (χ1n) is 5.52. The molecule has 0 saturated carbocycles. The second-order valence-corrected chi connectivity index (χ2v) is 5.42. The molecule has 2 aromatic rings. The second-order valence-electron chi connectivity index (χ2n) is 3.75. The van der Waals surface area contributed by atoms with Gasteiger partial charge in [-0.25, -0.2) is 0 Å². The quantitative estimate of drug-likeness (QED) is 0.766. The maximum absolute atomic E-state index is 6.14. The van der Waals surface area contributed by atoms with Crippen LogP contribution in [0, 0.1) is 0 Å². The fourth-order valence-electron chi connectivity index (χ4n) is 1.68. The van der Waals surface area contributed by atoms with E-state index in [1.807, 2.05) is 30.3 Å². The molecule has 0 spiro atoms. The van der Waals surface area contributed by atoms with E-state index in [4.69, 9.17) is 23.2 Å². The molecule has 0 aliphatic carbocycles. The summed E-state index contributed by atoms with van der Waals surface area (Å²) in [6.45, 7) is 0.621. The second kappa shape index (κ2) is 6.37. The van der Waals surface area contributed by atoms with Crippen molar-refractivity contribution in [3.05, 3.63) is 58.1 Å². The van der Waals surface area contributed by atoms with Crippen LogP contribution in [0.15, 0.2) is 47.4 Å². The van der Waals surface area contributed by atoms with Crippen LogP contribution in [0.2, 0.25) is 10.0 Å². The van der Waals surface area contributed by atoms with Gasteiger partial charge >= 0.3 is 0 Å². The molecule has 18 heavy (non-hydrogen) atoms. The highest BCUT2D eigenvalue weighted by molar-refractivity contribution is 7.98. The molecule has 0 radical (unpaired) electrons. The van der Waals surface area contributed by atoms with Crippen molar-refractivity contribution >= 4 is 40.7 Å². The van der Waals surface area contributed by atoms with Crippen LogP contribution in [0.1, 0.15) is 5.56 Å². The van der Waals surface area contributed by atoms with Crippen LogP contribution >= 0.6 is 35.0 Å². The first kappa shape index (κ1) is 13.6. The van der Waals surface area contributed by atoms with Crippen molar-refractivity contribution in [2.45, 2.75) is 11.4 Å². The lowest BCUT2D eigenvalue weighted by molar-refractivity contribution is 1.13. The molecule has 0 fully saturated rings. The lowest BCUT2D eigenvalue weighted by atomic mass is 10.2. The third-order valence-corrected chi connectivity index (χ3v) is 4.13. The molecule has 0 heterocycles. The Morgan fingerprint density at radius 3 is 2.33 bits per heavy atom. The topological polar surface area (TPSA) is 12.0 Å². The molecule has 0 aliphatic heterocycles. The fraction of sp³-hybridized carbons (Fsp3) is 0.143. The van der Waals surface area contributed by atoms with Crippen molar-refractivity contribution in [2.24, 2.45) is 0 Å². The van der Waals surface area contributed by atoms with Gasteiger partial charge in [-0.1, -0.05) is 41.4 Å². The van der Waals surface area contributed by atoms with Gasteiger partial charge in [0.2, 0.25) is 0 Å². The van der Waals surface area contributed by atoms with Gasteiger partial charge in [0, 0.05) is 32.7 Å². The Bertz CT molecular complexity index is 523. The first-order chi connectivity index (χ1) is 8.72. The van der Waals surface area contributed by atoms with Gasteiger partial charge in [0.25, 0.3) is 0 Å². The van der Waals surface area contributed by atoms with Gasteiger partial charge < -0.3 is 5.32 Å². The van der Waals surface area contributed by atoms with Crippen molar-refractivity contribution in [2.75, 3.05) is 11.6 Å². The molecule has 0 amide bonds. The molecule has 0 atom stereocenters. The zero-order valence-corrected chi connectivity index (χ0v) is 12.2. The number of halogens is 2. The van der Waals surface area contributed by atoms with Crippen molar-refractivity contribution < 1.29 is 0 Å². The van der Waals surface area contributed by atoms with Crippen LogP contribution < -0.4 is 5.32 Å². The number of thioether (sulfide) groups is 1. The monoisotopic (exact) mass is 297 g/mol. The summed E-state index contributed by atoms with van der Waals surface area (Å²) in [6, 6.07) is 13.7. The van der Waals surface area contributed by atoms with E-state index < -0.39 is 0 Å². The van der Waals surface area contributed by atoms with Gasteiger partial charge in [0.15, 0.2) is 0 Å². The average Bonchev–Trinajstić information content (AvgIpc) is 2.38. The van der Waals surface area contributed by atoms with Gasteiger partial charge in [-0.15, -0.1) is 11.8 Å². The van der Waals surface area contributed by atoms with Crippen molar-refractivity contribution in [1.29, 1.82) is 0 Å². The van der Waals surface area contributed by atoms with E-state index in [9.17, 15) is 0 Å². The lowest BCUT2D eigenvalue weighted by Crippen LogP contribution is -2.01. The highest BCUT2D eigenvalue weighted by Gasteiger charge is 2.06. The lowest BCUT2D eigenvalue weighted by Gasteiger charge is -2.12. The Kier molecular flexibility index (Phi) is 4.81. The molecular weight excluding hydrogens is 285 g/mol. The van der Waals surface area contributed by atoms with Crippen LogP contribution in [0.4, 0.5) is 5.69 Å². The SMILES string of the molecule is CSc1ccccc1NCc1c(Cl)cccc1Cl. The van der Waals surface area contributed by atoms with Crippen molar-refractivity contribution in [3.8, 4) is 0 Å². The van der Waals surface area contributed by atoms with Gasteiger partial charge in [-0.3, -0.25) is 0 Å². The summed E-state index contributed by atoms with van der Waals surface area (Å²) < 4.78 is 0. The van der Waals surface area contributed by atoms with Crippen LogP contribution in [0.3, 0.4) is 0 Å². The largest absolute Gasteiger partial charge is 0.380 e. The fourth-order valence-corrected chi connectivity index (χ4v) is 2.78. The zero-order chi connectivity index (χ0) is 13.0. The average molecular weight is 298 g/mol. The number of nitrogens with one attached hydrogen (secondary N) is 1. The molecule has 94 valence electrons. The Hall–Kier alpha value is -0.830. The van der Waals surface area contributed by atoms with E-state index in [-0.39, 0.29) is 0 Å². The van der Waals surface area contributed by atoms with E-state index in [0.717, 1.165) is 11.3 Å². The predicted molar refractivity (Wildman–Crippen MR) is 82.0 cm³/mol. The molecular formula is C14H13Cl2NS. The summed E-state index contributed by atoms with van der Waals surface area (Å²) in [5.41, 5.74) is 2.03. The maximum atomic E-state index is 6.14. The normalized spacial score (nSPS) is 10.4.